The first-order valence-corrected chi connectivity index (χ1v) is 7.16. The third-order valence-electron chi connectivity index (χ3n) is 3.72. The lowest BCUT2D eigenvalue weighted by Gasteiger charge is -2.28. The number of hydrogen-bond acceptors (Lipinski definition) is 3. The number of ether oxygens (including phenoxy) is 1. The van der Waals surface area contributed by atoms with Crippen LogP contribution in [0.4, 0.5) is 0 Å². The zero-order chi connectivity index (χ0) is 12.6. The predicted octanol–water partition coefficient (Wildman–Crippen LogP) is 2.07. The third kappa shape index (κ3) is 4.42. The summed E-state index contributed by atoms with van der Waals surface area (Å²) in [4.78, 5) is 0. The van der Waals surface area contributed by atoms with Gasteiger partial charge in [-0.25, -0.2) is 0 Å². The Kier molecular flexibility index (Phi) is 5.68. The van der Waals surface area contributed by atoms with Crippen molar-refractivity contribution >= 4 is 0 Å². The topological polar surface area (TPSA) is 39.1 Å². The van der Waals surface area contributed by atoms with Gasteiger partial charge in [0, 0.05) is 25.5 Å². The molecule has 0 amide bonds. The molecule has 1 N–H and O–H groups in total. The molecule has 0 saturated heterocycles. The maximum absolute atomic E-state index is 5.95. The fourth-order valence-corrected chi connectivity index (χ4v) is 2.56. The molecule has 1 aromatic rings. The molecule has 2 atom stereocenters. The standard InChI is InChI=1S/C14H25N3O/c1-13-5-2-3-6-14(13)18-12-9-15-8-11-17-10-4-7-16-17/h4,7,10,13-15H,2-3,5-6,8-9,11-12H2,1H3. The molecule has 0 bridgehead atoms. The van der Waals surface area contributed by atoms with E-state index in [1.807, 2.05) is 23.1 Å². The van der Waals surface area contributed by atoms with Gasteiger partial charge >= 0.3 is 0 Å². The highest BCUT2D eigenvalue weighted by molar-refractivity contribution is 4.77. The molecule has 0 aliphatic heterocycles. The van der Waals surface area contributed by atoms with Crippen LogP contribution in [0.1, 0.15) is 32.6 Å². The van der Waals surface area contributed by atoms with E-state index in [0.29, 0.717) is 6.10 Å². The van der Waals surface area contributed by atoms with Crippen LogP contribution in [0.5, 0.6) is 0 Å². The third-order valence-corrected chi connectivity index (χ3v) is 3.72. The molecule has 1 fully saturated rings. The summed E-state index contributed by atoms with van der Waals surface area (Å²) in [6, 6.07) is 1.95. The zero-order valence-corrected chi connectivity index (χ0v) is 11.3. The first-order valence-electron chi connectivity index (χ1n) is 7.16. The molecule has 102 valence electrons. The molecule has 1 heterocycles. The maximum atomic E-state index is 5.95. The van der Waals surface area contributed by atoms with Crippen molar-refractivity contribution in [3.05, 3.63) is 18.5 Å². The highest BCUT2D eigenvalue weighted by atomic mass is 16.5. The Morgan fingerprint density at radius 1 is 1.33 bits per heavy atom. The second kappa shape index (κ2) is 7.54. The van der Waals surface area contributed by atoms with Gasteiger partial charge in [0.25, 0.3) is 0 Å². The Morgan fingerprint density at radius 3 is 3.00 bits per heavy atom. The van der Waals surface area contributed by atoms with E-state index in [4.69, 9.17) is 4.74 Å². The Labute approximate surface area is 110 Å². The first-order chi connectivity index (χ1) is 8.86. The van der Waals surface area contributed by atoms with E-state index in [-0.39, 0.29) is 0 Å². The van der Waals surface area contributed by atoms with E-state index < -0.39 is 0 Å². The average molecular weight is 251 g/mol. The van der Waals surface area contributed by atoms with Gasteiger partial charge < -0.3 is 10.1 Å². The van der Waals surface area contributed by atoms with Crippen LogP contribution in [0.3, 0.4) is 0 Å². The molecular formula is C14H25N3O. The summed E-state index contributed by atoms with van der Waals surface area (Å²) >= 11 is 0. The van der Waals surface area contributed by atoms with Crippen LogP contribution in [-0.4, -0.2) is 35.6 Å². The summed E-state index contributed by atoms with van der Waals surface area (Å²) in [5, 5.41) is 7.56. The highest BCUT2D eigenvalue weighted by Gasteiger charge is 2.21. The Morgan fingerprint density at radius 2 is 2.22 bits per heavy atom. The highest BCUT2D eigenvalue weighted by Crippen LogP contribution is 2.25. The summed E-state index contributed by atoms with van der Waals surface area (Å²) < 4.78 is 7.89. The van der Waals surface area contributed by atoms with Crippen LogP contribution in [0.15, 0.2) is 18.5 Å². The molecule has 0 aromatic carbocycles. The molecule has 18 heavy (non-hydrogen) atoms. The Bertz CT molecular complexity index is 313. The maximum Gasteiger partial charge on any atom is 0.0601 e. The van der Waals surface area contributed by atoms with Crippen molar-refractivity contribution in [2.45, 2.75) is 45.3 Å². The van der Waals surface area contributed by atoms with Crippen LogP contribution in [-0.2, 0) is 11.3 Å². The molecule has 1 aromatic heterocycles. The first kappa shape index (κ1) is 13.6. The molecule has 0 spiro atoms. The summed E-state index contributed by atoms with van der Waals surface area (Å²) in [7, 11) is 0. The van der Waals surface area contributed by atoms with Crippen LogP contribution < -0.4 is 5.32 Å². The van der Waals surface area contributed by atoms with Gasteiger partial charge in [-0.05, 0) is 24.8 Å². The smallest absolute Gasteiger partial charge is 0.0601 e. The Hall–Kier alpha value is -0.870. The number of aromatic nitrogens is 2. The van der Waals surface area contributed by atoms with Crippen molar-refractivity contribution < 1.29 is 4.74 Å². The number of nitrogens with zero attached hydrogens (tertiary/aromatic N) is 2. The fraction of sp³-hybridized carbons (Fsp3) is 0.786. The van der Waals surface area contributed by atoms with Gasteiger partial charge in [-0.15, -0.1) is 0 Å². The van der Waals surface area contributed by atoms with E-state index in [0.717, 1.165) is 32.2 Å². The monoisotopic (exact) mass is 251 g/mol. The predicted molar refractivity (Wildman–Crippen MR) is 72.5 cm³/mol. The molecule has 1 saturated carbocycles. The van der Waals surface area contributed by atoms with Gasteiger partial charge in [0.2, 0.25) is 0 Å². The SMILES string of the molecule is CC1CCCCC1OCCNCCn1cccn1. The molecule has 4 heteroatoms. The molecule has 1 aliphatic rings. The largest absolute Gasteiger partial charge is 0.377 e. The van der Waals surface area contributed by atoms with Crippen LogP contribution >= 0.6 is 0 Å². The van der Waals surface area contributed by atoms with Crippen LogP contribution in [0, 0.1) is 5.92 Å². The summed E-state index contributed by atoms with van der Waals surface area (Å²) in [5.74, 6) is 0.739. The summed E-state index contributed by atoms with van der Waals surface area (Å²) in [6.45, 7) is 5.95. The molecular weight excluding hydrogens is 226 g/mol. The minimum absolute atomic E-state index is 0.492. The van der Waals surface area contributed by atoms with Crippen LogP contribution in [0.25, 0.3) is 0 Å². The van der Waals surface area contributed by atoms with E-state index in [1.165, 1.54) is 25.7 Å². The molecule has 4 nitrogen and oxygen atoms in total. The van der Waals surface area contributed by atoms with Gasteiger partial charge in [0.1, 0.15) is 0 Å². The van der Waals surface area contributed by atoms with E-state index in [1.54, 1.807) is 0 Å². The zero-order valence-electron chi connectivity index (χ0n) is 11.3. The number of hydrogen-bond donors (Lipinski definition) is 1. The van der Waals surface area contributed by atoms with Gasteiger partial charge in [0.15, 0.2) is 0 Å². The summed E-state index contributed by atoms with van der Waals surface area (Å²) in [6.07, 6.45) is 9.58. The lowest BCUT2D eigenvalue weighted by atomic mass is 9.88. The molecule has 0 radical (unpaired) electrons. The van der Waals surface area contributed by atoms with E-state index >= 15 is 0 Å². The van der Waals surface area contributed by atoms with Crippen LogP contribution in [0.2, 0.25) is 0 Å². The van der Waals surface area contributed by atoms with Crippen molar-refractivity contribution in [1.29, 1.82) is 0 Å². The minimum Gasteiger partial charge on any atom is -0.377 e. The lowest BCUT2D eigenvalue weighted by Crippen LogP contribution is -2.30. The normalized spacial score (nSPS) is 24.3. The second-order valence-electron chi connectivity index (χ2n) is 5.19. The van der Waals surface area contributed by atoms with Crippen molar-refractivity contribution in [3.63, 3.8) is 0 Å². The van der Waals surface area contributed by atoms with Gasteiger partial charge in [0.05, 0.1) is 19.3 Å². The number of rotatable bonds is 7. The van der Waals surface area contributed by atoms with E-state index in [9.17, 15) is 0 Å². The summed E-state index contributed by atoms with van der Waals surface area (Å²) in [5.41, 5.74) is 0. The quantitative estimate of drug-likeness (QED) is 0.754. The number of nitrogens with one attached hydrogen (secondary N) is 1. The van der Waals surface area contributed by atoms with Gasteiger partial charge in [-0.2, -0.15) is 5.10 Å². The Balaban J connectivity index is 1.48. The van der Waals surface area contributed by atoms with Crippen molar-refractivity contribution in [2.75, 3.05) is 19.7 Å². The lowest BCUT2D eigenvalue weighted by molar-refractivity contribution is -0.00314. The fourth-order valence-electron chi connectivity index (χ4n) is 2.56. The average Bonchev–Trinajstić information content (AvgIpc) is 2.89. The minimum atomic E-state index is 0.492. The van der Waals surface area contributed by atoms with E-state index in [2.05, 4.69) is 17.3 Å². The van der Waals surface area contributed by atoms with Gasteiger partial charge in [-0.3, -0.25) is 4.68 Å². The van der Waals surface area contributed by atoms with Crippen molar-refractivity contribution in [1.82, 2.24) is 15.1 Å². The van der Waals surface area contributed by atoms with Crippen molar-refractivity contribution in [2.24, 2.45) is 5.92 Å². The second-order valence-corrected chi connectivity index (χ2v) is 5.19. The van der Waals surface area contributed by atoms with Gasteiger partial charge in [-0.1, -0.05) is 19.8 Å². The molecule has 1 aliphatic carbocycles. The van der Waals surface area contributed by atoms with Crippen molar-refractivity contribution in [3.8, 4) is 0 Å². The molecule has 2 unspecified atom stereocenters. The molecule has 2 rings (SSSR count).